The first kappa shape index (κ1) is 29.5. The van der Waals surface area contributed by atoms with E-state index in [2.05, 4.69) is 204 Å². The molecule has 242 valence electrons. The largest absolute Gasteiger partial charge is 0.334 e. The molecule has 9 aromatic rings. The van der Waals surface area contributed by atoms with Gasteiger partial charge in [-0.2, -0.15) is 0 Å². The average Bonchev–Trinajstić information content (AvgIpc) is 3.55. The molecule has 0 N–H and O–H groups in total. The Balaban J connectivity index is 1.11. The molecule has 2 nitrogen and oxygen atoms in total. The lowest BCUT2D eigenvalue weighted by Crippen LogP contribution is -2.35. The number of allylic oxidation sites excluding steroid dienone is 2. The van der Waals surface area contributed by atoms with Crippen LogP contribution in [0.1, 0.15) is 6.92 Å². The monoisotopic (exact) mass is 652 g/mol. The number of para-hydroxylation sites is 2. The van der Waals surface area contributed by atoms with Crippen LogP contribution in [-0.2, 0) is 0 Å². The smallest absolute Gasteiger partial charge is 0.0626 e. The first-order valence-corrected chi connectivity index (χ1v) is 17.9. The van der Waals surface area contributed by atoms with Gasteiger partial charge >= 0.3 is 0 Å². The van der Waals surface area contributed by atoms with Crippen molar-refractivity contribution in [1.82, 2.24) is 4.57 Å². The molecule has 10 rings (SSSR count). The minimum Gasteiger partial charge on any atom is -0.334 e. The van der Waals surface area contributed by atoms with E-state index in [4.69, 9.17) is 0 Å². The zero-order valence-corrected chi connectivity index (χ0v) is 28.4. The number of nitrogens with zero attached hydrogens (tertiary/aromatic N) is 2. The molecule has 1 heterocycles. The van der Waals surface area contributed by atoms with Gasteiger partial charge in [0.25, 0.3) is 0 Å². The van der Waals surface area contributed by atoms with Gasteiger partial charge in [-0.05, 0) is 81.1 Å². The highest BCUT2D eigenvalue weighted by Gasteiger charge is 2.24. The molecule has 0 radical (unpaired) electrons. The van der Waals surface area contributed by atoms with Gasteiger partial charge < -0.3 is 9.47 Å². The van der Waals surface area contributed by atoms with Gasteiger partial charge in [-0.3, -0.25) is 0 Å². The second-order valence-corrected chi connectivity index (χ2v) is 13.7. The number of benzene rings is 8. The Hall–Kier alpha value is -6.38. The van der Waals surface area contributed by atoms with E-state index in [1.165, 1.54) is 76.6 Å². The molecule has 0 fully saturated rings. The van der Waals surface area contributed by atoms with E-state index < -0.39 is 0 Å². The molecule has 2 atom stereocenters. The molecule has 8 aromatic carbocycles. The quantitative estimate of drug-likeness (QED) is 0.168. The summed E-state index contributed by atoms with van der Waals surface area (Å²) in [6.45, 7) is 2.29. The molecule has 1 aliphatic rings. The van der Waals surface area contributed by atoms with Crippen LogP contribution in [0.4, 0.5) is 11.4 Å². The number of aromatic nitrogens is 1. The van der Waals surface area contributed by atoms with Crippen LogP contribution in [0.3, 0.4) is 0 Å². The lowest BCUT2D eigenvalue weighted by atomic mass is 9.93. The van der Waals surface area contributed by atoms with E-state index in [0.717, 1.165) is 5.69 Å². The van der Waals surface area contributed by atoms with Crippen molar-refractivity contribution in [1.29, 1.82) is 0 Å². The minimum atomic E-state index is 0.250. The third-order valence-corrected chi connectivity index (χ3v) is 10.8. The Morgan fingerprint density at radius 3 is 1.82 bits per heavy atom. The summed E-state index contributed by atoms with van der Waals surface area (Å²) in [5.74, 6) is 0.400. The van der Waals surface area contributed by atoms with Gasteiger partial charge in [0.1, 0.15) is 0 Å². The fourth-order valence-electron chi connectivity index (χ4n) is 8.43. The third-order valence-electron chi connectivity index (χ3n) is 10.8. The predicted molar refractivity (Wildman–Crippen MR) is 219 cm³/mol. The van der Waals surface area contributed by atoms with Crippen LogP contribution in [0, 0.1) is 5.92 Å². The Morgan fingerprint density at radius 1 is 0.451 bits per heavy atom. The summed E-state index contributed by atoms with van der Waals surface area (Å²) in [5, 5.41) is 10.3. The van der Waals surface area contributed by atoms with Gasteiger partial charge in [0.2, 0.25) is 0 Å². The Kier molecular flexibility index (Phi) is 6.89. The summed E-state index contributed by atoms with van der Waals surface area (Å²) < 4.78 is 2.48. The molecule has 0 bridgehead atoms. The predicted octanol–water partition coefficient (Wildman–Crippen LogP) is 13.2. The van der Waals surface area contributed by atoms with Crippen LogP contribution in [0.2, 0.25) is 0 Å². The van der Waals surface area contributed by atoms with Crippen molar-refractivity contribution in [3.8, 4) is 16.8 Å². The molecule has 0 aliphatic heterocycles. The zero-order valence-electron chi connectivity index (χ0n) is 28.4. The van der Waals surface area contributed by atoms with Crippen molar-refractivity contribution in [2.45, 2.75) is 13.0 Å². The Morgan fingerprint density at radius 2 is 1.06 bits per heavy atom. The summed E-state index contributed by atoms with van der Waals surface area (Å²) in [4.78, 5) is 2.46. The van der Waals surface area contributed by atoms with Crippen LogP contribution in [0.25, 0.3) is 70.9 Å². The molecule has 0 saturated heterocycles. The second-order valence-electron chi connectivity index (χ2n) is 13.7. The normalized spacial score (nSPS) is 15.8. The van der Waals surface area contributed by atoms with Crippen LogP contribution >= 0.6 is 0 Å². The van der Waals surface area contributed by atoms with E-state index in [1.807, 2.05) is 0 Å². The maximum atomic E-state index is 2.48. The third kappa shape index (κ3) is 4.71. The van der Waals surface area contributed by atoms with E-state index >= 15 is 0 Å². The number of fused-ring (bicyclic) bond motifs is 10. The first-order valence-electron chi connectivity index (χ1n) is 17.9. The van der Waals surface area contributed by atoms with Crippen LogP contribution in [0.5, 0.6) is 0 Å². The summed E-state index contributed by atoms with van der Waals surface area (Å²) in [7, 11) is 0. The summed E-state index contributed by atoms with van der Waals surface area (Å²) in [5.41, 5.74) is 8.43. The van der Waals surface area contributed by atoms with Crippen molar-refractivity contribution in [3.05, 3.63) is 188 Å². The molecule has 0 spiro atoms. The van der Waals surface area contributed by atoms with Gasteiger partial charge in [0, 0.05) is 38.6 Å². The molecule has 0 amide bonds. The van der Waals surface area contributed by atoms with Crippen molar-refractivity contribution in [2.75, 3.05) is 4.90 Å². The van der Waals surface area contributed by atoms with Crippen LogP contribution in [0.15, 0.2) is 188 Å². The Bertz CT molecular complexity index is 2800. The van der Waals surface area contributed by atoms with E-state index in [1.54, 1.807) is 0 Å². The molecule has 51 heavy (non-hydrogen) atoms. The van der Waals surface area contributed by atoms with Crippen LogP contribution in [-0.4, -0.2) is 10.6 Å². The maximum absolute atomic E-state index is 2.48. The first-order chi connectivity index (χ1) is 25.2. The van der Waals surface area contributed by atoms with E-state index in [9.17, 15) is 0 Å². The summed E-state index contributed by atoms with van der Waals surface area (Å²) in [6.07, 6.45) is 8.93. The molecule has 1 aromatic heterocycles. The maximum Gasteiger partial charge on any atom is 0.0626 e. The van der Waals surface area contributed by atoms with E-state index in [0.29, 0.717) is 5.92 Å². The van der Waals surface area contributed by atoms with Crippen molar-refractivity contribution in [2.24, 2.45) is 5.92 Å². The van der Waals surface area contributed by atoms with Crippen molar-refractivity contribution < 1.29 is 0 Å². The van der Waals surface area contributed by atoms with Gasteiger partial charge in [-0.25, -0.2) is 0 Å². The van der Waals surface area contributed by atoms with Gasteiger partial charge in [-0.1, -0.05) is 153 Å². The molecule has 1 aliphatic carbocycles. The van der Waals surface area contributed by atoms with Gasteiger partial charge in [0.15, 0.2) is 0 Å². The lowest BCUT2D eigenvalue weighted by Gasteiger charge is -2.36. The summed E-state index contributed by atoms with van der Waals surface area (Å²) in [6, 6.07) is 60.3. The zero-order chi connectivity index (χ0) is 33.9. The minimum absolute atomic E-state index is 0.250. The average molecular weight is 653 g/mol. The molecule has 0 saturated carbocycles. The number of rotatable bonds is 5. The van der Waals surface area contributed by atoms with E-state index in [-0.39, 0.29) is 6.04 Å². The molecule has 2 unspecified atom stereocenters. The van der Waals surface area contributed by atoms with Gasteiger partial charge in [-0.15, -0.1) is 0 Å². The standard InChI is InChI=1S/C49H36N2/c1-33-13-5-11-21-45(33)50(37-15-3-2-4-16-37)38-28-23-34(24-29-38)35-25-30-39(31-26-35)51-46-22-12-10-20-44(46)48-47-40-17-7-6-14-36(40)27-32-42(47)41-18-8-9-19-43(41)49(48)51/h2-33,45H,1H3. The topological polar surface area (TPSA) is 8.17 Å². The fourth-order valence-corrected chi connectivity index (χ4v) is 8.43. The molecule has 2 heteroatoms. The fraction of sp³-hybridized carbons (Fsp3) is 0.0612. The van der Waals surface area contributed by atoms with Crippen LogP contribution < -0.4 is 4.90 Å². The number of hydrogen-bond donors (Lipinski definition) is 0. The van der Waals surface area contributed by atoms with Gasteiger partial charge in [0.05, 0.1) is 17.1 Å². The molecular weight excluding hydrogens is 617 g/mol. The molecular formula is C49H36N2. The number of hydrogen-bond acceptors (Lipinski definition) is 1. The highest BCUT2D eigenvalue weighted by molar-refractivity contribution is 6.36. The highest BCUT2D eigenvalue weighted by atomic mass is 15.2. The van der Waals surface area contributed by atoms with Crippen molar-refractivity contribution in [3.63, 3.8) is 0 Å². The highest BCUT2D eigenvalue weighted by Crippen LogP contribution is 2.45. The Labute approximate surface area is 297 Å². The lowest BCUT2D eigenvalue weighted by molar-refractivity contribution is 0.609. The second kappa shape index (κ2) is 11.9. The summed E-state index contributed by atoms with van der Waals surface area (Å²) >= 11 is 0. The SMILES string of the molecule is CC1C=CC=CC1N(c1ccccc1)c1ccc(-c2ccc(-n3c4ccccc4c4c5c6ccccc6ccc5c5ccccc5c43)cc2)cc1. The number of anilines is 2. The van der Waals surface area contributed by atoms with Crippen molar-refractivity contribution >= 4 is 65.5 Å².